The van der Waals surface area contributed by atoms with Gasteiger partial charge in [-0.05, 0) is 69.9 Å². The Labute approximate surface area is 182 Å². The molecular weight excluding hydrogens is 396 g/mol. The number of phenols is 1. The van der Waals surface area contributed by atoms with E-state index in [2.05, 4.69) is 0 Å². The number of hydrogen-bond donors (Lipinski definition) is 3. The first kappa shape index (κ1) is 21.7. The van der Waals surface area contributed by atoms with Crippen LogP contribution in [-0.2, 0) is 6.42 Å². The Balaban J connectivity index is 1.96. The molecule has 0 saturated carbocycles. The minimum absolute atomic E-state index is 0.0804. The summed E-state index contributed by atoms with van der Waals surface area (Å²) in [5, 5.41) is 31.9. The fourth-order valence-corrected chi connectivity index (χ4v) is 4.85. The SMILES string of the molecule is Cc1cc2c(c([C@H]3c4c(ccc(O)c4C=O)C[C@H]3C(C)(C)O)c1)O[C@H](C(C)(C)O)CO2. The lowest BCUT2D eigenvalue weighted by Crippen LogP contribution is -2.46. The minimum Gasteiger partial charge on any atom is -0.507 e. The normalized spacial score (nSPS) is 22.9. The van der Waals surface area contributed by atoms with Gasteiger partial charge in [0.05, 0.1) is 16.8 Å². The molecule has 1 aliphatic heterocycles. The van der Waals surface area contributed by atoms with Gasteiger partial charge in [-0.15, -0.1) is 0 Å². The maximum Gasteiger partial charge on any atom is 0.165 e. The first-order chi connectivity index (χ1) is 14.4. The van der Waals surface area contributed by atoms with Crippen molar-refractivity contribution in [3.05, 3.63) is 52.1 Å². The lowest BCUT2D eigenvalue weighted by molar-refractivity contribution is -0.0662. The third kappa shape index (κ3) is 3.68. The molecule has 0 unspecified atom stereocenters. The van der Waals surface area contributed by atoms with Gasteiger partial charge in [0.15, 0.2) is 23.9 Å². The zero-order valence-electron chi connectivity index (χ0n) is 18.6. The molecule has 4 rings (SSSR count). The Hall–Kier alpha value is -2.57. The lowest BCUT2D eigenvalue weighted by Gasteiger charge is -2.38. The van der Waals surface area contributed by atoms with Gasteiger partial charge in [-0.3, -0.25) is 4.79 Å². The number of aliphatic hydroxyl groups is 2. The molecule has 0 saturated heterocycles. The lowest BCUT2D eigenvalue weighted by atomic mass is 9.75. The summed E-state index contributed by atoms with van der Waals surface area (Å²) in [6.45, 7) is 9.04. The van der Waals surface area contributed by atoms with Gasteiger partial charge >= 0.3 is 0 Å². The maximum atomic E-state index is 11.9. The molecule has 3 N–H and O–H groups in total. The van der Waals surface area contributed by atoms with Crippen LogP contribution in [0.1, 0.15) is 66.2 Å². The van der Waals surface area contributed by atoms with Crippen LogP contribution < -0.4 is 9.47 Å². The van der Waals surface area contributed by atoms with Crippen LogP contribution in [0.2, 0.25) is 0 Å². The predicted molar refractivity (Wildman–Crippen MR) is 116 cm³/mol. The van der Waals surface area contributed by atoms with Crippen LogP contribution in [-0.4, -0.2) is 45.5 Å². The van der Waals surface area contributed by atoms with E-state index in [0.29, 0.717) is 29.8 Å². The molecule has 3 atom stereocenters. The van der Waals surface area contributed by atoms with Crippen LogP contribution in [0.3, 0.4) is 0 Å². The van der Waals surface area contributed by atoms with Gasteiger partial charge in [0.25, 0.3) is 0 Å². The highest BCUT2D eigenvalue weighted by Gasteiger charge is 2.46. The summed E-state index contributed by atoms with van der Waals surface area (Å²) in [4.78, 5) is 11.9. The second kappa shape index (κ2) is 7.24. The highest BCUT2D eigenvalue weighted by molar-refractivity contribution is 5.84. The van der Waals surface area contributed by atoms with Crippen molar-refractivity contribution in [3.63, 3.8) is 0 Å². The smallest absolute Gasteiger partial charge is 0.165 e. The molecule has 2 aromatic carbocycles. The number of aldehydes is 1. The van der Waals surface area contributed by atoms with Crippen molar-refractivity contribution in [2.24, 2.45) is 5.92 Å². The van der Waals surface area contributed by atoms with Crippen LogP contribution in [0.4, 0.5) is 0 Å². The van der Waals surface area contributed by atoms with Gasteiger partial charge in [0.1, 0.15) is 12.4 Å². The summed E-state index contributed by atoms with van der Waals surface area (Å²) in [5.74, 6) is 0.367. The molecule has 31 heavy (non-hydrogen) atoms. The number of hydrogen-bond acceptors (Lipinski definition) is 6. The molecule has 1 heterocycles. The number of fused-ring (bicyclic) bond motifs is 2. The first-order valence-electron chi connectivity index (χ1n) is 10.6. The largest absolute Gasteiger partial charge is 0.507 e. The Morgan fingerprint density at radius 1 is 1.10 bits per heavy atom. The summed E-state index contributed by atoms with van der Waals surface area (Å²) in [7, 11) is 0. The van der Waals surface area contributed by atoms with Crippen molar-refractivity contribution in [2.75, 3.05) is 6.61 Å². The van der Waals surface area contributed by atoms with Crippen molar-refractivity contribution >= 4 is 6.29 Å². The van der Waals surface area contributed by atoms with E-state index in [1.807, 2.05) is 25.1 Å². The summed E-state index contributed by atoms with van der Waals surface area (Å²) in [6.07, 6.45) is 0.661. The number of carbonyl (C=O) groups is 1. The van der Waals surface area contributed by atoms with Gasteiger partial charge in [0.2, 0.25) is 0 Å². The fourth-order valence-electron chi connectivity index (χ4n) is 4.85. The highest BCUT2D eigenvalue weighted by atomic mass is 16.6. The third-order valence-corrected chi connectivity index (χ3v) is 6.53. The van der Waals surface area contributed by atoms with Crippen LogP contribution in [0, 0.1) is 12.8 Å². The zero-order valence-corrected chi connectivity index (χ0v) is 18.6. The molecule has 0 spiro atoms. The predicted octanol–water partition coefficient (Wildman–Crippen LogP) is 3.50. The average molecular weight is 427 g/mol. The second-order valence-corrected chi connectivity index (χ2v) is 9.88. The molecule has 6 heteroatoms. The van der Waals surface area contributed by atoms with Gasteiger partial charge in [0, 0.05) is 17.4 Å². The van der Waals surface area contributed by atoms with Crippen molar-refractivity contribution in [3.8, 4) is 17.2 Å². The molecule has 0 amide bonds. The summed E-state index contributed by atoms with van der Waals surface area (Å²) < 4.78 is 12.2. The number of ether oxygens (including phenoxy) is 2. The molecule has 2 aromatic rings. The van der Waals surface area contributed by atoms with E-state index in [0.717, 1.165) is 16.7 Å². The average Bonchev–Trinajstić information content (AvgIpc) is 3.06. The molecule has 0 fully saturated rings. The minimum atomic E-state index is -1.12. The van der Waals surface area contributed by atoms with Crippen molar-refractivity contribution < 1.29 is 29.6 Å². The molecule has 166 valence electrons. The Bertz CT molecular complexity index is 1030. The topological polar surface area (TPSA) is 96.2 Å². The number of benzene rings is 2. The molecule has 0 bridgehead atoms. The Kier molecular flexibility index (Phi) is 5.06. The second-order valence-electron chi connectivity index (χ2n) is 9.88. The van der Waals surface area contributed by atoms with Gasteiger partial charge in [-0.2, -0.15) is 0 Å². The highest BCUT2D eigenvalue weighted by Crippen LogP contribution is 2.54. The van der Waals surface area contributed by atoms with Crippen LogP contribution >= 0.6 is 0 Å². The molecule has 1 aliphatic carbocycles. The van der Waals surface area contributed by atoms with Gasteiger partial charge in [-0.1, -0.05) is 12.1 Å². The molecule has 0 radical (unpaired) electrons. The van der Waals surface area contributed by atoms with E-state index in [-0.39, 0.29) is 29.8 Å². The van der Waals surface area contributed by atoms with E-state index in [1.54, 1.807) is 27.7 Å². The van der Waals surface area contributed by atoms with Crippen LogP contribution in [0.25, 0.3) is 0 Å². The number of aryl methyl sites for hydroxylation is 1. The standard InChI is InChI=1S/C25H30O6/c1-13-8-15(23-19(9-13)30-12-20(31-23)25(4,5)29)22-17(24(2,3)28)10-14-6-7-18(27)16(11-26)21(14)22/h6-9,11,17,20,22,27-29H,10,12H2,1-5H3/t17-,20+,22-/m1/s1. The van der Waals surface area contributed by atoms with E-state index >= 15 is 0 Å². The molecule has 6 nitrogen and oxygen atoms in total. The third-order valence-electron chi connectivity index (χ3n) is 6.53. The maximum absolute atomic E-state index is 11.9. The zero-order chi connectivity index (χ0) is 22.7. The quantitative estimate of drug-likeness (QED) is 0.648. The van der Waals surface area contributed by atoms with E-state index in [1.165, 1.54) is 6.07 Å². The first-order valence-corrected chi connectivity index (χ1v) is 10.6. The van der Waals surface area contributed by atoms with Gasteiger partial charge < -0.3 is 24.8 Å². The van der Waals surface area contributed by atoms with Crippen LogP contribution in [0.15, 0.2) is 24.3 Å². The van der Waals surface area contributed by atoms with E-state index in [9.17, 15) is 20.1 Å². The molecule has 2 aliphatic rings. The summed E-state index contributed by atoms with van der Waals surface area (Å²) >= 11 is 0. The number of phenolic OH excluding ortho intramolecular Hbond substituents is 1. The van der Waals surface area contributed by atoms with Crippen molar-refractivity contribution in [1.82, 2.24) is 0 Å². The van der Waals surface area contributed by atoms with E-state index in [4.69, 9.17) is 9.47 Å². The van der Waals surface area contributed by atoms with Crippen molar-refractivity contribution in [1.29, 1.82) is 0 Å². The van der Waals surface area contributed by atoms with Crippen molar-refractivity contribution in [2.45, 2.75) is 64.3 Å². The summed E-state index contributed by atoms with van der Waals surface area (Å²) in [6, 6.07) is 7.21. The van der Waals surface area contributed by atoms with E-state index < -0.39 is 17.3 Å². The number of aromatic hydroxyl groups is 1. The monoisotopic (exact) mass is 426 g/mol. The number of carbonyl (C=O) groups excluding carboxylic acids is 1. The Morgan fingerprint density at radius 3 is 2.42 bits per heavy atom. The van der Waals surface area contributed by atoms with Crippen LogP contribution in [0.5, 0.6) is 17.2 Å². The molecule has 0 aromatic heterocycles. The van der Waals surface area contributed by atoms with Gasteiger partial charge in [-0.25, -0.2) is 0 Å². The molecular formula is C25H30O6. The Morgan fingerprint density at radius 2 is 1.81 bits per heavy atom. The number of rotatable bonds is 4. The fraction of sp³-hybridized carbons (Fsp3) is 0.480. The summed E-state index contributed by atoms with van der Waals surface area (Å²) in [5.41, 5.74) is 1.43.